The van der Waals surface area contributed by atoms with Crippen molar-refractivity contribution in [1.29, 1.82) is 0 Å². The van der Waals surface area contributed by atoms with E-state index in [1.165, 1.54) is 0 Å². The molecule has 0 amide bonds. The summed E-state index contributed by atoms with van der Waals surface area (Å²) in [6.07, 6.45) is 2.94. The molecule has 0 aromatic carbocycles. The molecule has 22 heavy (non-hydrogen) atoms. The van der Waals surface area contributed by atoms with Crippen LogP contribution in [0.25, 0.3) is 0 Å². The largest absolute Gasteiger partial charge is 0.463 e. The Kier molecular flexibility index (Phi) is 12.8. The fourth-order valence-corrected chi connectivity index (χ4v) is 1.17. The van der Waals surface area contributed by atoms with Gasteiger partial charge in [-0.25, -0.2) is 14.4 Å². The molecule has 0 fully saturated rings. The van der Waals surface area contributed by atoms with Crippen LogP contribution >= 0.6 is 0 Å². The number of hydrogen-bond acceptors (Lipinski definition) is 8. The highest BCUT2D eigenvalue weighted by atomic mass is 16.6. The average molecular weight is 318 g/mol. The van der Waals surface area contributed by atoms with E-state index in [0.717, 1.165) is 12.2 Å². The van der Waals surface area contributed by atoms with Gasteiger partial charge >= 0.3 is 17.9 Å². The zero-order valence-corrected chi connectivity index (χ0v) is 12.9. The molecule has 0 atom stereocenters. The van der Waals surface area contributed by atoms with Crippen molar-refractivity contribution in [3.05, 3.63) is 12.2 Å². The molecule has 0 aliphatic carbocycles. The van der Waals surface area contributed by atoms with Gasteiger partial charge < -0.3 is 23.7 Å². The van der Waals surface area contributed by atoms with Gasteiger partial charge in [-0.2, -0.15) is 0 Å². The monoisotopic (exact) mass is 318 g/mol. The molecule has 0 unspecified atom stereocenters. The van der Waals surface area contributed by atoms with Gasteiger partial charge in [0.25, 0.3) is 0 Å². The highest BCUT2D eigenvalue weighted by molar-refractivity contribution is 5.92. The Labute approximate surface area is 129 Å². The van der Waals surface area contributed by atoms with Crippen molar-refractivity contribution < 1.29 is 38.1 Å². The summed E-state index contributed by atoms with van der Waals surface area (Å²) in [6.45, 7) is 0.820. The van der Waals surface area contributed by atoms with Crippen molar-refractivity contribution in [2.45, 2.75) is 12.8 Å². The Hall–Kier alpha value is -1.93. The third-order valence-electron chi connectivity index (χ3n) is 2.18. The molecule has 0 bridgehead atoms. The number of ether oxygens (including phenoxy) is 5. The van der Waals surface area contributed by atoms with Gasteiger partial charge in [-0.05, 0) is 0 Å². The Balaban J connectivity index is 3.72. The molecule has 8 nitrogen and oxygen atoms in total. The standard InChI is InChI=1S/C14H22O8/c1-18-7-3-9-20-12(15)5-6-13(16)22-11-14(17)21-10-4-8-19-2/h5-6H,3-4,7-11H2,1-2H3/b6-5+. The number of rotatable bonds is 12. The van der Waals surface area contributed by atoms with E-state index in [4.69, 9.17) is 18.9 Å². The van der Waals surface area contributed by atoms with Crippen LogP contribution in [-0.2, 0) is 38.1 Å². The molecule has 0 saturated heterocycles. The van der Waals surface area contributed by atoms with E-state index in [0.29, 0.717) is 26.1 Å². The third-order valence-corrected chi connectivity index (χ3v) is 2.18. The van der Waals surface area contributed by atoms with E-state index in [1.54, 1.807) is 14.2 Å². The molecule has 0 heterocycles. The molecule has 0 radical (unpaired) electrons. The van der Waals surface area contributed by atoms with E-state index in [1.807, 2.05) is 0 Å². The smallest absolute Gasteiger partial charge is 0.344 e. The lowest BCUT2D eigenvalue weighted by Gasteiger charge is -2.04. The summed E-state index contributed by atoms with van der Waals surface area (Å²) >= 11 is 0. The normalized spacial score (nSPS) is 10.5. The zero-order valence-electron chi connectivity index (χ0n) is 12.9. The molecule has 0 N–H and O–H groups in total. The van der Waals surface area contributed by atoms with Crippen LogP contribution in [0.4, 0.5) is 0 Å². The highest BCUT2D eigenvalue weighted by Gasteiger charge is 2.07. The first-order valence-corrected chi connectivity index (χ1v) is 6.75. The van der Waals surface area contributed by atoms with E-state index < -0.39 is 24.5 Å². The first kappa shape index (κ1) is 20.1. The second-order valence-corrected chi connectivity index (χ2v) is 4.02. The summed E-state index contributed by atoms with van der Waals surface area (Å²) in [5, 5.41) is 0. The van der Waals surface area contributed by atoms with Crippen molar-refractivity contribution in [2.75, 3.05) is 47.3 Å². The predicted octanol–water partition coefficient (Wildman–Crippen LogP) is 0.245. The first-order valence-electron chi connectivity index (χ1n) is 6.75. The van der Waals surface area contributed by atoms with Crippen molar-refractivity contribution in [1.82, 2.24) is 0 Å². The van der Waals surface area contributed by atoms with E-state index in [9.17, 15) is 14.4 Å². The molecule has 0 aliphatic rings. The van der Waals surface area contributed by atoms with Crippen LogP contribution < -0.4 is 0 Å². The Morgan fingerprint density at radius 2 is 1.23 bits per heavy atom. The summed E-state index contributed by atoms with van der Waals surface area (Å²) < 4.78 is 23.7. The lowest BCUT2D eigenvalue weighted by Crippen LogP contribution is -2.16. The average Bonchev–Trinajstić information content (AvgIpc) is 2.51. The Morgan fingerprint density at radius 3 is 1.77 bits per heavy atom. The minimum atomic E-state index is -0.831. The SMILES string of the molecule is COCCCOC(=O)/C=C/C(=O)OCC(=O)OCCCOC. The Morgan fingerprint density at radius 1 is 0.727 bits per heavy atom. The van der Waals surface area contributed by atoms with Gasteiger partial charge in [0.15, 0.2) is 6.61 Å². The maximum atomic E-state index is 11.2. The number of carbonyl (C=O) groups excluding carboxylic acids is 3. The Bertz CT molecular complexity index is 364. The highest BCUT2D eigenvalue weighted by Crippen LogP contribution is 1.90. The molecule has 126 valence electrons. The number of carbonyl (C=O) groups is 3. The molecular formula is C14H22O8. The zero-order chi connectivity index (χ0) is 16.6. The molecule has 8 heteroatoms. The second-order valence-electron chi connectivity index (χ2n) is 4.02. The van der Waals surface area contributed by atoms with Gasteiger partial charge in [-0.3, -0.25) is 0 Å². The van der Waals surface area contributed by atoms with Gasteiger partial charge in [0, 0.05) is 52.4 Å². The van der Waals surface area contributed by atoms with Crippen LogP contribution in [0.5, 0.6) is 0 Å². The van der Waals surface area contributed by atoms with Gasteiger partial charge in [-0.1, -0.05) is 0 Å². The van der Waals surface area contributed by atoms with E-state index >= 15 is 0 Å². The summed E-state index contributed by atoms with van der Waals surface area (Å²) in [6, 6.07) is 0. The fraction of sp³-hybridized carbons (Fsp3) is 0.643. The molecule has 0 rings (SSSR count). The lowest BCUT2D eigenvalue weighted by molar-refractivity contribution is -0.156. The molecule has 0 spiro atoms. The summed E-state index contributed by atoms with van der Waals surface area (Å²) in [5.41, 5.74) is 0. The van der Waals surface area contributed by atoms with Crippen LogP contribution in [0, 0.1) is 0 Å². The quantitative estimate of drug-likeness (QED) is 0.218. The van der Waals surface area contributed by atoms with Crippen LogP contribution in [0.1, 0.15) is 12.8 Å². The van der Waals surface area contributed by atoms with E-state index in [-0.39, 0.29) is 13.2 Å². The van der Waals surface area contributed by atoms with Gasteiger partial charge in [0.1, 0.15) is 0 Å². The van der Waals surface area contributed by atoms with Crippen molar-refractivity contribution in [3.63, 3.8) is 0 Å². The van der Waals surface area contributed by atoms with Crippen LogP contribution in [-0.4, -0.2) is 65.2 Å². The van der Waals surface area contributed by atoms with Crippen molar-refractivity contribution >= 4 is 17.9 Å². The topological polar surface area (TPSA) is 97.4 Å². The maximum Gasteiger partial charge on any atom is 0.344 e. The molecule has 0 aliphatic heterocycles. The summed E-state index contributed by atoms with van der Waals surface area (Å²) in [7, 11) is 3.08. The third kappa shape index (κ3) is 13.1. The van der Waals surface area contributed by atoms with Crippen molar-refractivity contribution in [2.24, 2.45) is 0 Å². The van der Waals surface area contributed by atoms with Crippen LogP contribution in [0.3, 0.4) is 0 Å². The molecule has 0 saturated carbocycles. The molecular weight excluding hydrogens is 296 g/mol. The number of esters is 3. The van der Waals surface area contributed by atoms with Crippen LogP contribution in [0.15, 0.2) is 12.2 Å². The van der Waals surface area contributed by atoms with Gasteiger partial charge in [0.05, 0.1) is 13.2 Å². The number of methoxy groups -OCH3 is 2. The van der Waals surface area contributed by atoms with Gasteiger partial charge in [0.2, 0.25) is 0 Å². The lowest BCUT2D eigenvalue weighted by atomic mass is 10.4. The minimum absolute atomic E-state index is 0.188. The minimum Gasteiger partial charge on any atom is -0.463 e. The fourth-order valence-electron chi connectivity index (χ4n) is 1.17. The van der Waals surface area contributed by atoms with Crippen LogP contribution in [0.2, 0.25) is 0 Å². The number of hydrogen-bond donors (Lipinski definition) is 0. The molecule has 0 aromatic rings. The second kappa shape index (κ2) is 14.0. The van der Waals surface area contributed by atoms with Crippen molar-refractivity contribution in [3.8, 4) is 0 Å². The summed E-state index contributed by atoms with van der Waals surface area (Å²) in [5.74, 6) is -2.17. The van der Waals surface area contributed by atoms with Gasteiger partial charge in [-0.15, -0.1) is 0 Å². The predicted molar refractivity (Wildman–Crippen MR) is 75.0 cm³/mol. The summed E-state index contributed by atoms with van der Waals surface area (Å²) in [4.78, 5) is 33.6. The first-order chi connectivity index (χ1) is 10.6. The molecule has 0 aromatic heterocycles. The maximum absolute atomic E-state index is 11.2. The van der Waals surface area contributed by atoms with E-state index in [2.05, 4.69) is 4.74 Å².